The largest absolute Gasteiger partial charge is 0.390 e. The Morgan fingerprint density at radius 1 is 1.20 bits per heavy atom. The molecule has 1 fully saturated rings. The van der Waals surface area contributed by atoms with E-state index < -0.39 is 5.60 Å². The summed E-state index contributed by atoms with van der Waals surface area (Å²) in [6, 6.07) is 0. The lowest BCUT2D eigenvalue weighted by atomic mass is 9.89. The Kier molecular flexibility index (Phi) is 5.07. The van der Waals surface area contributed by atoms with Gasteiger partial charge in [0.15, 0.2) is 0 Å². The highest BCUT2D eigenvalue weighted by Crippen LogP contribution is 2.24. The molecule has 0 spiro atoms. The fraction of sp³-hybridized carbons (Fsp3) is 1.00. The van der Waals surface area contributed by atoms with E-state index in [1.54, 1.807) is 0 Å². The standard InChI is InChI=1S/C13H27NO/c1-13(2,15)9-10-14(3)11-12-7-5-4-6-8-12/h12,15H,4-11H2,1-3H3. The summed E-state index contributed by atoms with van der Waals surface area (Å²) in [6.45, 7) is 6.01. The van der Waals surface area contributed by atoms with Gasteiger partial charge in [0.2, 0.25) is 0 Å². The highest BCUT2D eigenvalue weighted by atomic mass is 16.3. The summed E-state index contributed by atoms with van der Waals surface area (Å²) in [5.41, 5.74) is -0.513. The summed E-state index contributed by atoms with van der Waals surface area (Å²) in [5.74, 6) is 0.908. The minimum absolute atomic E-state index is 0.513. The van der Waals surface area contributed by atoms with E-state index in [0.717, 1.165) is 18.9 Å². The molecule has 15 heavy (non-hydrogen) atoms. The fourth-order valence-corrected chi connectivity index (χ4v) is 2.37. The molecule has 1 aliphatic rings. The molecule has 0 radical (unpaired) electrons. The van der Waals surface area contributed by atoms with Crippen molar-refractivity contribution in [3.05, 3.63) is 0 Å². The van der Waals surface area contributed by atoms with Gasteiger partial charge in [-0.05, 0) is 46.1 Å². The molecule has 1 aliphatic carbocycles. The Morgan fingerprint density at radius 3 is 2.33 bits per heavy atom. The minimum atomic E-state index is -0.513. The van der Waals surface area contributed by atoms with Crippen molar-refractivity contribution in [2.45, 2.75) is 58.0 Å². The van der Waals surface area contributed by atoms with E-state index in [9.17, 15) is 5.11 Å². The first kappa shape index (κ1) is 13.0. The fourth-order valence-electron chi connectivity index (χ4n) is 2.37. The highest BCUT2D eigenvalue weighted by molar-refractivity contribution is 4.71. The lowest BCUT2D eigenvalue weighted by Gasteiger charge is -2.28. The van der Waals surface area contributed by atoms with Crippen LogP contribution >= 0.6 is 0 Å². The van der Waals surface area contributed by atoms with E-state index in [1.165, 1.54) is 38.6 Å². The van der Waals surface area contributed by atoms with Crippen molar-refractivity contribution < 1.29 is 5.11 Å². The van der Waals surface area contributed by atoms with E-state index in [1.807, 2.05) is 13.8 Å². The molecule has 2 heteroatoms. The van der Waals surface area contributed by atoms with Crippen molar-refractivity contribution in [3.63, 3.8) is 0 Å². The van der Waals surface area contributed by atoms with Crippen molar-refractivity contribution in [3.8, 4) is 0 Å². The maximum Gasteiger partial charge on any atom is 0.0603 e. The molecule has 0 aromatic heterocycles. The number of hydrogen-bond donors (Lipinski definition) is 1. The van der Waals surface area contributed by atoms with E-state index in [-0.39, 0.29) is 0 Å². The Labute approximate surface area is 94.7 Å². The van der Waals surface area contributed by atoms with Crippen LogP contribution in [-0.2, 0) is 0 Å². The van der Waals surface area contributed by atoms with Crippen LogP contribution in [0.5, 0.6) is 0 Å². The molecule has 1 rings (SSSR count). The Bertz CT molecular complexity index is 168. The average molecular weight is 213 g/mol. The normalized spacial score (nSPS) is 19.8. The molecule has 90 valence electrons. The van der Waals surface area contributed by atoms with E-state index in [4.69, 9.17) is 0 Å². The van der Waals surface area contributed by atoms with Crippen molar-refractivity contribution in [2.75, 3.05) is 20.1 Å². The maximum atomic E-state index is 9.65. The zero-order chi connectivity index (χ0) is 11.3. The van der Waals surface area contributed by atoms with Gasteiger partial charge in [-0.2, -0.15) is 0 Å². The van der Waals surface area contributed by atoms with Crippen LogP contribution in [0.25, 0.3) is 0 Å². The third kappa shape index (κ3) is 6.16. The monoisotopic (exact) mass is 213 g/mol. The average Bonchev–Trinajstić information content (AvgIpc) is 2.15. The quantitative estimate of drug-likeness (QED) is 0.759. The van der Waals surface area contributed by atoms with E-state index >= 15 is 0 Å². The summed E-state index contributed by atoms with van der Waals surface area (Å²) < 4.78 is 0. The van der Waals surface area contributed by atoms with E-state index in [0.29, 0.717) is 0 Å². The van der Waals surface area contributed by atoms with Crippen LogP contribution in [0, 0.1) is 5.92 Å². The first-order valence-corrected chi connectivity index (χ1v) is 6.38. The highest BCUT2D eigenvalue weighted by Gasteiger charge is 2.17. The molecule has 1 saturated carbocycles. The molecule has 1 N–H and O–H groups in total. The first-order valence-electron chi connectivity index (χ1n) is 6.38. The minimum Gasteiger partial charge on any atom is -0.390 e. The molecule has 0 bridgehead atoms. The van der Waals surface area contributed by atoms with Gasteiger partial charge in [0, 0.05) is 13.1 Å². The van der Waals surface area contributed by atoms with Gasteiger partial charge in [-0.15, -0.1) is 0 Å². The van der Waals surface area contributed by atoms with Crippen molar-refractivity contribution >= 4 is 0 Å². The summed E-state index contributed by atoms with van der Waals surface area (Å²) in [6.07, 6.45) is 7.97. The van der Waals surface area contributed by atoms with Crippen LogP contribution in [0.3, 0.4) is 0 Å². The van der Waals surface area contributed by atoms with Gasteiger partial charge in [-0.25, -0.2) is 0 Å². The molecule has 0 aromatic rings. The van der Waals surface area contributed by atoms with Crippen molar-refractivity contribution in [1.82, 2.24) is 4.90 Å². The third-order valence-corrected chi connectivity index (χ3v) is 3.40. The van der Waals surface area contributed by atoms with E-state index in [2.05, 4.69) is 11.9 Å². The molecular formula is C13H27NO. The van der Waals surface area contributed by atoms with Gasteiger partial charge in [0.05, 0.1) is 5.60 Å². The second kappa shape index (κ2) is 5.86. The Hall–Kier alpha value is -0.0800. The van der Waals surface area contributed by atoms with Crippen LogP contribution in [0.1, 0.15) is 52.4 Å². The number of hydrogen-bond acceptors (Lipinski definition) is 2. The molecule has 0 aromatic carbocycles. The van der Waals surface area contributed by atoms with Gasteiger partial charge in [0.1, 0.15) is 0 Å². The third-order valence-electron chi connectivity index (χ3n) is 3.40. The van der Waals surface area contributed by atoms with Crippen LogP contribution in [0.2, 0.25) is 0 Å². The van der Waals surface area contributed by atoms with Crippen LogP contribution in [0.4, 0.5) is 0 Å². The van der Waals surface area contributed by atoms with Crippen LogP contribution in [0.15, 0.2) is 0 Å². The molecule has 0 amide bonds. The topological polar surface area (TPSA) is 23.5 Å². The number of nitrogens with zero attached hydrogens (tertiary/aromatic N) is 1. The molecule has 0 heterocycles. The zero-order valence-electron chi connectivity index (χ0n) is 10.6. The van der Waals surface area contributed by atoms with Gasteiger partial charge in [0.25, 0.3) is 0 Å². The van der Waals surface area contributed by atoms with Gasteiger partial charge >= 0.3 is 0 Å². The second-order valence-electron chi connectivity index (χ2n) is 5.83. The lowest BCUT2D eigenvalue weighted by molar-refractivity contribution is 0.0582. The van der Waals surface area contributed by atoms with Crippen molar-refractivity contribution in [1.29, 1.82) is 0 Å². The summed E-state index contributed by atoms with van der Waals surface area (Å²) >= 11 is 0. The summed E-state index contributed by atoms with van der Waals surface area (Å²) in [5, 5.41) is 9.65. The SMILES string of the molecule is CN(CCC(C)(C)O)CC1CCCCC1. The predicted molar refractivity (Wildman–Crippen MR) is 65.0 cm³/mol. The molecule has 0 aliphatic heterocycles. The predicted octanol–water partition coefficient (Wildman–Crippen LogP) is 2.66. The van der Waals surface area contributed by atoms with Crippen LogP contribution < -0.4 is 0 Å². The Morgan fingerprint density at radius 2 is 1.80 bits per heavy atom. The maximum absolute atomic E-state index is 9.65. The molecule has 0 unspecified atom stereocenters. The van der Waals surface area contributed by atoms with Gasteiger partial charge in [-0.3, -0.25) is 0 Å². The zero-order valence-corrected chi connectivity index (χ0v) is 10.6. The Balaban J connectivity index is 2.14. The molecule has 0 atom stereocenters. The summed E-state index contributed by atoms with van der Waals surface area (Å²) in [7, 11) is 2.18. The molecule has 2 nitrogen and oxygen atoms in total. The first-order chi connectivity index (χ1) is 6.97. The number of aliphatic hydroxyl groups is 1. The van der Waals surface area contributed by atoms with Gasteiger partial charge < -0.3 is 10.0 Å². The lowest BCUT2D eigenvalue weighted by Crippen LogP contribution is -2.32. The van der Waals surface area contributed by atoms with Crippen LogP contribution in [-0.4, -0.2) is 35.7 Å². The second-order valence-corrected chi connectivity index (χ2v) is 5.83. The number of rotatable bonds is 5. The molecular weight excluding hydrogens is 186 g/mol. The summed E-state index contributed by atoms with van der Waals surface area (Å²) in [4.78, 5) is 2.38. The van der Waals surface area contributed by atoms with Crippen molar-refractivity contribution in [2.24, 2.45) is 5.92 Å². The smallest absolute Gasteiger partial charge is 0.0603 e. The van der Waals surface area contributed by atoms with Gasteiger partial charge in [-0.1, -0.05) is 19.3 Å². The molecule has 0 saturated heterocycles.